The number of aromatic nitrogens is 4. The van der Waals surface area contributed by atoms with Gasteiger partial charge in [-0.3, -0.25) is 9.59 Å². The number of ether oxygens (including phenoxy) is 2. The number of halogens is 3. The lowest BCUT2D eigenvalue weighted by Crippen LogP contribution is -2.41. The van der Waals surface area contributed by atoms with Crippen LogP contribution in [0.15, 0.2) is 60.8 Å². The zero-order valence-corrected chi connectivity index (χ0v) is 30.3. The summed E-state index contributed by atoms with van der Waals surface area (Å²) in [5.41, 5.74) is 8.41. The molecule has 2 fully saturated rings. The molecule has 0 bridgehead atoms. The molecule has 2 saturated heterocycles. The van der Waals surface area contributed by atoms with Gasteiger partial charge in [-0.1, -0.05) is 24.3 Å². The zero-order chi connectivity index (χ0) is 37.9. The van der Waals surface area contributed by atoms with Gasteiger partial charge in [-0.2, -0.15) is 28.2 Å². The number of nitrogens with zero attached hydrogens (tertiary/aromatic N) is 6. The van der Waals surface area contributed by atoms with Gasteiger partial charge < -0.3 is 30.3 Å². The highest BCUT2D eigenvalue weighted by atomic mass is 19.4. The monoisotopic (exact) mass is 734 g/mol. The first kappa shape index (κ1) is 37.6. The highest BCUT2D eigenvalue weighted by molar-refractivity contribution is 5.94. The van der Waals surface area contributed by atoms with E-state index in [0.717, 1.165) is 12.8 Å². The molecule has 0 radical (unpaired) electrons. The van der Waals surface area contributed by atoms with Crippen LogP contribution in [0.5, 0.6) is 5.88 Å². The van der Waals surface area contributed by atoms with Crippen LogP contribution in [-0.4, -0.2) is 88.1 Å². The molecule has 12 nitrogen and oxygen atoms in total. The Kier molecular flexibility index (Phi) is 10.9. The number of benzene rings is 2. The fourth-order valence-corrected chi connectivity index (χ4v) is 7.19. The molecule has 282 valence electrons. The standard InChI is InChI=1S/C38H45F3N8O4/c1-5-47(6-2)34(50)26-10-8-25(9-11-26)27-12-13-28(30(20-27)49-17-14-24(4)46-49)33(38(39,40)41)53-32-21-31(44-36(42)45-32)48-18-15-37(16-19-48)22-29(43-23-37)35(51)52-7-3/h8-14,17,20-21,29,33,43H,5-7,15-16,18-19,22-23H2,1-4H3,(H2,42,44,45)/t29-,33+/m0/s1. The van der Waals surface area contributed by atoms with Gasteiger partial charge in [0, 0.05) is 56.1 Å². The van der Waals surface area contributed by atoms with Crippen LogP contribution in [0, 0.1) is 12.3 Å². The first-order valence-electron chi connectivity index (χ1n) is 17.9. The molecule has 0 saturated carbocycles. The van der Waals surface area contributed by atoms with Crippen molar-refractivity contribution in [1.82, 2.24) is 30.0 Å². The van der Waals surface area contributed by atoms with Crippen molar-refractivity contribution in [2.75, 3.05) is 50.0 Å². The average molecular weight is 735 g/mol. The van der Waals surface area contributed by atoms with Crippen molar-refractivity contribution in [2.45, 2.75) is 65.3 Å². The van der Waals surface area contributed by atoms with Crippen LogP contribution in [0.2, 0.25) is 0 Å². The molecule has 3 N–H and O–H groups in total. The zero-order valence-electron chi connectivity index (χ0n) is 30.3. The molecule has 6 rings (SSSR count). The number of piperidine rings is 1. The van der Waals surface area contributed by atoms with E-state index in [1.807, 2.05) is 18.7 Å². The lowest BCUT2D eigenvalue weighted by molar-refractivity contribution is -0.198. The molecule has 2 atom stereocenters. The van der Waals surface area contributed by atoms with Gasteiger partial charge in [-0.25, -0.2) is 4.68 Å². The smallest absolute Gasteiger partial charge is 0.429 e. The van der Waals surface area contributed by atoms with E-state index in [9.17, 15) is 9.59 Å². The second kappa shape index (κ2) is 15.4. The number of nitrogens with one attached hydrogen (secondary N) is 1. The maximum absolute atomic E-state index is 15.0. The van der Waals surface area contributed by atoms with Gasteiger partial charge in [-0.05, 0) is 87.8 Å². The number of aryl methyl sites for hydroxylation is 1. The number of nitrogens with two attached hydrogens (primary N) is 1. The molecule has 2 aromatic carbocycles. The number of anilines is 2. The largest absolute Gasteiger partial charge is 0.465 e. The molecule has 0 aliphatic carbocycles. The van der Waals surface area contributed by atoms with E-state index >= 15 is 13.2 Å². The maximum atomic E-state index is 15.0. The summed E-state index contributed by atoms with van der Waals surface area (Å²) in [6.45, 7) is 10.6. The minimum Gasteiger partial charge on any atom is -0.465 e. The minimum atomic E-state index is -4.85. The molecule has 0 unspecified atom stereocenters. The molecule has 4 aromatic rings. The van der Waals surface area contributed by atoms with Crippen molar-refractivity contribution >= 4 is 23.6 Å². The lowest BCUT2D eigenvalue weighted by Gasteiger charge is -2.39. The Morgan fingerprint density at radius 3 is 2.34 bits per heavy atom. The van der Waals surface area contributed by atoms with E-state index in [0.29, 0.717) is 74.0 Å². The quantitative estimate of drug-likeness (QED) is 0.179. The summed E-state index contributed by atoms with van der Waals surface area (Å²) in [4.78, 5) is 37.2. The Morgan fingerprint density at radius 1 is 1.02 bits per heavy atom. The summed E-state index contributed by atoms with van der Waals surface area (Å²) in [5, 5.41) is 7.71. The first-order valence-corrected chi connectivity index (χ1v) is 17.9. The second-order valence-electron chi connectivity index (χ2n) is 13.6. The van der Waals surface area contributed by atoms with Gasteiger partial charge in [0.05, 0.1) is 18.0 Å². The molecule has 2 aliphatic rings. The summed E-state index contributed by atoms with van der Waals surface area (Å²) in [6, 6.07) is 14.3. The van der Waals surface area contributed by atoms with E-state index in [-0.39, 0.29) is 46.4 Å². The van der Waals surface area contributed by atoms with Gasteiger partial charge in [0.1, 0.15) is 11.9 Å². The molecule has 53 heavy (non-hydrogen) atoms. The summed E-state index contributed by atoms with van der Waals surface area (Å²) in [7, 11) is 0. The Morgan fingerprint density at radius 2 is 1.72 bits per heavy atom. The van der Waals surface area contributed by atoms with Gasteiger partial charge >= 0.3 is 12.1 Å². The van der Waals surface area contributed by atoms with Crippen LogP contribution < -0.4 is 20.7 Å². The van der Waals surface area contributed by atoms with Gasteiger partial charge in [-0.15, -0.1) is 0 Å². The van der Waals surface area contributed by atoms with E-state index in [2.05, 4.69) is 20.4 Å². The van der Waals surface area contributed by atoms with Crippen LogP contribution >= 0.6 is 0 Å². The third kappa shape index (κ3) is 8.24. The molecule has 1 spiro atoms. The van der Waals surface area contributed by atoms with Crippen molar-refractivity contribution in [2.24, 2.45) is 5.41 Å². The number of hydrogen-bond donors (Lipinski definition) is 2. The molecule has 2 aromatic heterocycles. The summed E-state index contributed by atoms with van der Waals surface area (Å²) in [5.74, 6) is -0.528. The molecular weight excluding hydrogens is 689 g/mol. The highest BCUT2D eigenvalue weighted by Gasteiger charge is 2.46. The van der Waals surface area contributed by atoms with E-state index < -0.39 is 12.3 Å². The third-order valence-electron chi connectivity index (χ3n) is 10.1. The second-order valence-corrected chi connectivity index (χ2v) is 13.6. The predicted octanol–water partition coefficient (Wildman–Crippen LogP) is 5.90. The lowest BCUT2D eigenvalue weighted by atomic mass is 9.76. The number of rotatable bonds is 11. The summed E-state index contributed by atoms with van der Waals surface area (Å²) >= 11 is 0. The van der Waals surface area contributed by atoms with E-state index in [1.165, 1.54) is 16.8 Å². The van der Waals surface area contributed by atoms with Crippen LogP contribution in [0.25, 0.3) is 16.8 Å². The van der Waals surface area contributed by atoms with Crippen molar-refractivity contribution < 1.29 is 32.2 Å². The molecule has 4 heterocycles. The van der Waals surface area contributed by atoms with Crippen LogP contribution in [-0.2, 0) is 9.53 Å². The van der Waals surface area contributed by atoms with Crippen LogP contribution in [0.3, 0.4) is 0 Å². The van der Waals surface area contributed by atoms with Gasteiger partial charge in [0.15, 0.2) is 0 Å². The Bertz CT molecular complexity index is 1920. The number of nitrogen functional groups attached to an aromatic ring is 1. The van der Waals surface area contributed by atoms with E-state index in [4.69, 9.17) is 15.2 Å². The van der Waals surface area contributed by atoms with Crippen molar-refractivity contribution in [1.29, 1.82) is 0 Å². The fraction of sp³-hybridized carbons (Fsp3) is 0.447. The average Bonchev–Trinajstić information content (AvgIpc) is 3.77. The topological polar surface area (TPSA) is 141 Å². The Balaban J connectivity index is 1.26. The third-order valence-corrected chi connectivity index (χ3v) is 10.1. The first-order chi connectivity index (χ1) is 25.3. The number of carbonyl (C=O) groups excluding carboxylic acids is 2. The van der Waals surface area contributed by atoms with Gasteiger partial charge in [0.2, 0.25) is 17.9 Å². The Hall–Kier alpha value is -5.18. The number of esters is 1. The van der Waals surface area contributed by atoms with Crippen molar-refractivity contribution in [3.05, 3.63) is 77.6 Å². The normalized spacial score (nSPS) is 17.5. The van der Waals surface area contributed by atoms with Gasteiger partial charge in [0.25, 0.3) is 5.91 Å². The van der Waals surface area contributed by atoms with Crippen LogP contribution in [0.4, 0.5) is 24.9 Å². The van der Waals surface area contributed by atoms with Crippen LogP contribution in [0.1, 0.15) is 67.8 Å². The number of hydrogen-bond acceptors (Lipinski definition) is 10. The molecule has 15 heteroatoms. The fourth-order valence-electron chi connectivity index (χ4n) is 7.19. The van der Waals surface area contributed by atoms with E-state index in [1.54, 1.807) is 67.4 Å². The maximum Gasteiger partial charge on any atom is 0.429 e. The molecule has 1 amide bonds. The highest BCUT2D eigenvalue weighted by Crippen LogP contribution is 2.43. The number of amides is 1. The number of alkyl halides is 3. The SMILES string of the molecule is CCOC(=O)[C@@H]1CC2(CCN(c3cc(O[C@H](c4ccc(-c5ccc(C(=O)N(CC)CC)cc5)cc4-n4ccc(C)n4)C(F)(F)F)nc(N)n3)CC2)CN1. The molecular formula is C38H45F3N8O4. The molecule has 2 aliphatic heterocycles. The van der Waals surface area contributed by atoms with Crippen molar-refractivity contribution in [3.63, 3.8) is 0 Å². The predicted molar refractivity (Wildman–Crippen MR) is 194 cm³/mol. The Labute approximate surface area is 306 Å². The summed E-state index contributed by atoms with van der Waals surface area (Å²) < 4.78 is 57.3. The minimum absolute atomic E-state index is 0.0919. The summed E-state index contributed by atoms with van der Waals surface area (Å²) in [6.07, 6.45) is -3.54. The number of carbonyl (C=O) groups is 2. The van der Waals surface area contributed by atoms with Crippen molar-refractivity contribution in [3.8, 4) is 22.7 Å².